The number of hydrogen-bond acceptors (Lipinski definition) is 8. The van der Waals surface area contributed by atoms with Gasteiger partial charge in [0.15, 0.2) is 11.9 Å². The third-order valence-electron chi connectivity index (χ3n) is 5.91. The highest BCUT2D eigenvalue weighted by atomic mass is 35.5. The molecule has 0 amide bonds. The number of nitrogens with zero attached hydrogens (tertiary/aromatic N) is 3. The highest BCUT2D eigenvalue weighted by Gasteiger charge is 2.45. The van der Waals surface area contributed by atoms with Crippen LogP contribution in [0.25, 0.3) is 21.9 Å². The largest absolute Gasteiger partial charge is 0.497 e. The van der Waals surface area contributed by atoms with E-state index in [4.69, 9.17) is 25.8 Å². The number of pyridine rings is 1. The van der Waals surface area contributed by atoms with Gasteiger partial charge in [0.1, 0.15) is 30.7 Å². The van der Waals surface area contributed by atoms with E-state index in [0.717, 1.165) is 0 Å². The molecule has 0 unspecified atom stereocenters. The summed E-state index contributed by atoms with van der Waals surface area (Å²) in [5.74, 6) is 0.0937. The molecule has 176 valence electrons. The lowest BCUT2D eigenvalue weighted by Gasteiger charge is -2.16. The standard InChI is InChI=1S/C24H22ClN3O6/c1-12-18-19(25)15-10-14(32-2)8-9-16(15)26-22(18)28(27-12)23-21(30)20(29)17(34-23)11-33-24(31)13-6-4-3-5-7-13/h3-10,17,20-21,23,29-30H,11H2,1-2H3/t17-,20-,21-,23-/m1/s1. The summed E-state index contributed by atoms with van der Waals surface area (Å²) >= 11 is 6.71. The maximum absolute atomic E-state index is 12.3. The lowest BCUT2D eigenvalue weighted by molar-refractivity contribution is -0.0613. The van der Waals surface area contributed by atoms with Gasteiger partial charge in [-0.1, -0.05) is 29.8 Å². The highest BCUT2D eigenvalue weighted by Crippen LogP contribution is 2.37. The van der Waals surface area contributed by atoms with Gasteiger partial charge in [-0.25, -0.2) is 14.5 Å². The molecule has 1 aliphatic rings. The van der Waals surface area contributed by atoms with Gasteiger partial charge in [0, 0.05) is 5.39 Å². The van der Waals surface area contributed by atoms with Crippen LogP contribution in [-0.4, -0.2) is 63.0 Å². The fourth-order valence-corrected chi connectivity index (χ4v) is 4.50. The van der Waals surface area contributed by atoms with Gasteiger partial charge in [-0.3, -0.25) is 0 Å². The van der Waals surface area contributed by atoms with Gasteiger partial charge >= 0.3 is 5.97 Å². The van der Waals surface area contributed by atoms with Crippen LogP contribution in [0.5, 0.6) is 5.75 Å². The minimum absolute atomic E-state index is 0.239. The summed E-state index contributed by atoms with van der Waals surface area (Å²) in [6.07, 6.45) is -4.62. The molecule has 2 N–H and O–H groups in total. The Hall–Kier alpha value is -3.24. The number of aromatic nitrogens is 3. The lowest BCUT2D eigenvalue weighted by Crippen LogP contribution is -2.34. The third kappa shape index (κ3) is 3.76. The van der Waals surface area contributed by atoms with Crippen molar-refractivity contribution in [3.8, 4) is 5.75 Å². The summed E-state index contributed by atoms with van der Waals surface area (Å²) in [7, 11) is 1.57. The lowest BCUT2D eigenvalue weighted by atomic mass is 10.1. The Morgan fingerprint density at radius 1 is 1.18 bits per heavy atom. The zero-order valence-corrected chi connectivity index (χ0v) is 19.1. The van der Waals surface area contributed by atoms with E-state index >= 15 is 0 Å². The predicted octanol–water partition coefficient (Wildman–Crippen LogP) is 3.03. The van der Waals surface area contributed by atoms with Crippen LogP contribution < -0.4 is 4.74 Å². The Balaban J connectivity index is 1.44. The van der Waals surface area contributed by atoms with Crippen molar-refractivity contribution in [2.75, 3.05) is 13.7 Å². The number of carbonyl (C=O) groups is 1. The molecule has 0 saturated carbocycles. The summed E-state index contributed by atoms with van der Waals surface area (Å²) in [5.41, 5.74) is 1.98. The number of methoxy groups -OCH3 is 1. The fourth-order valence-electron chi connectivity index (χ4n) is 4.13. The maximum atomic E-state index is 12.3. The minimum atomic E-state index is -1.32. The maximum Gasteiger partial charge on any atom is 0.338 e. The molecular formula is C24H22ClN3O6. The number of hydrogen-bond donors (Lipinski definition) is 2. The molecular weight excluding hydrogens is 462 g/mol. The predicted molar refractivity (Wildman–Crippen MR) is 124 cm³/mol. The monoisotopic (exact) mass is 483 g/mol. The number of aliphatic hydroxyl groups is 2. The van der Waals surface area contributed by atoms with Crippen molar-refractivity contribution in [1.29, 1.82) is 0 Å². The highest BCUT2D eigenvalue weighted by molar-refractivity contribution is 6.40. The Bertz CT molecular complexity index is 1380. The molecule has 9 nitrogen and oxygen atoms in total. The molecule has 0 aliphatic carbocycles. The van der Waals surface area contributed by atoms with Crippen molar-refractivity contribution in [2.45, 2.75) is 31.5 Å². The molecule has 4 aromatic rings. The van der Waals surface area contributed by atoms with Crippen molar-refractivity contribution in [1.82, 2.24) is 14.8 Å². The van der Waals surface area contributed by atoms with E-state index in [0.29, 0.717) is 44.0 Å². The molecule has 10 heteroatoms. The fraction of sp³-hybridized carbons (Fsp3) is 0.292. The van der Waals surface area contributed by atoms with Crippen molar-refractivity contribution in [3.05, 3.63) is 64.8 Å². The molecule has 1 fully saturated rings. The molecule has 2 aromatic carbocycles. The first kappa shape index (κ1) is 22.5. The second kappa shape index (κ2) is 8.84. The number of halogens is 1. The number of esters is 1. The van der Waals surface area contributed by atoms with Gasteiger partial charge in [-0.2, -0.15) is 5.10 Å². The zero-order valence-electron chi connectivity index (χ0n) is 18.4. The second-order valence-electron chi connectivity index (χ2n) is 8.05. The molecule has 0 bridgehead atoms. The van der Waals surface area contributed by atoms with Crippen LogP contribution >= 0.6 is 11.6 Å². The first-order valence-corrected chi connectivity index (χ1v) is 11.0. The smallest absolute Gasteiger partial charge is 0.338 e. The SMILES string of the molecule is COc1ccc2nc3c(c(C)nn3[C@@H]3O[C@H](COC(=O)c4ccccc4)[C@@H](O)[C@H]3O)c(Cl)c2c1. The average Bonchev–Trinajstić information content (AvgIpc) is 3.33. The molecule has 5 rings (SSSR count). The van der Waals surface area contributed by atoms with Gasteiger partial charge < -0.3 is 24.4 Å². The number of ether oxygens (including phenoxy) is 3. The second-order valence-corrected chi connectivity index (χ2v) is 8.43. The Morgan fingerprint density at radius 2 is 1.94 bits per heavy atom. The van der Waals surface area contributed by atoms with E-state index in [2.05, 4.69) is 10.1 Å². The summed E-state index contributed by atoms with van der Waals surface area (Å²) < 4.78 is 17.9. The van der Waals surface area contributed by atoms with Crippen LogP contribution in [0.3, 0.4) is 0 Å². The van der Waals surface area contributed by atoms with E-state index in [1.54, 1.807) is 62.6 Å². The van der Waals surface area contributed by atoms with E-state index in [9.17, 15) is 15.0 Å². The summed E-state index contributed by atoms with van der Waals surface area (Å²) in [5, 5.41) is 27.5. The van der Waals surface area contributed by atoms with Crippen molar-refractivity contribution >= 4 is 39.5 Å². The molecule has 34 heavy (non-hydrogen) atoms. The Labute approximate surface area is 199 Å². The molecule has 2 aromatic heterocycles. The first-order chi connectivity index (χ1) is 16.4. The van der Waals surface area contributed by atoms with Gasteiger partial charge in [-0.05, 0) is 37.3 Å². The Kier molecular flexibility index (Phi) is 5.86. The first-order valence-electron chi connectivity index (χ1n) is 10.6. The van der Waals surface area contributed by atoms with Gasteiger partial charge in [0.2, 0.25) is 0 Å². The van der Waals surface area contributed by atoms with Crippen LogP contribution in [0, 0.1) is 6.92 Å². The molecule has 0 spiro atoms. The van der Waals surface area contributed by atoms with Gasteiger partial charge in [0.25, 0.3) is 0 Å². The van der Waals surface area contributed by atoms with Gasteiger partial charge in [-0.15, -0.1) is 0 Å². The normalized spacial score (nSPS) is 22.4. The van der Waals surface area contributed by atoms with Crippen LogP contribution in [0.15, 0.2) is 48.5 Å². The molecule has 3 heterocycles. The van der Waals surface area contributed by atoms with Crippen LogP contribution in [0.2, 0.25) is 5.02 Å². The minimum Gasteiger partial charge on any atom is -0.497 e. The number of carbonyl (C=O) groups excluding carboxylic acids is 1. The third-order valence-corrected chi connectivity index (χ3v) is 6.31. The van der Waals surface area contributed by atoms with E-state index in [1.165, 1.54) is 4.68 Å². The number of benzene rings is 2. The van der Waals surface area contributed by atoms with E-state index in [-0.39, 0.29) is 6.61 Å². The zero-order chi connectivity index (χ0) is 24.0. The molecule has 0 radical (unpaired) electrons. The quantitative estimate of drug-likeness (QED) is 0.416. The summed E-state index contributed by atoms with van der Waals surface area (Å²) in [4.78, 5) is 16.9. The van der Waals surface area contributed by atoms with E-state index in [1.807, 2.05) is 0 Å². The van der Waals surface area contributed by atoms with Crippen LogP contribution in [0.1, 0.15) is 22.3 Å². The number of aliphatic hydroxyl groups excluding tert-OH is 2. The molecule has 1 saturated heterocycles. The molecule has 1 aliphatic heterocycles. The van der Waals surface area contributed by atoms with Crippen molar-refractivity contribution in [3.63, 3.8) is 0 Å². The van der Waals surface area contributed by atoms with Crippen molar-refractivity contribution < 1.29 is 29.2 Å². The van der Waals surface area contributed by atoms with Crippen molar-refractivity contribution in [2.24, 2.45) is 0 Å². The number of rotatable bonds is 5. The average molecular weight is 484 g/mol. The topological polar surface area (TPSA) is 116 Å². The summed E-state index contributed by atoms with van der Waals surface area (Å²) in [6.45, 7) is 1.53. The van der Waals surface area contributed by atoms with Crippen LogP contribution in [0.4, 0.5) is 0 Å². The number of aryl methyl sites for hydroxylation is 1. The van der Waals surface area contributed by atoms with Crippen LogP contribution in [-0.2, 0) is 9.47 Å². The number of fused-ring (bicyclic) bond motifs is 2. The molecule has 4 atom stereocenters. The Morgan fingerprint density at radius 3 is 2.68 bits per heavy atom. The summed E-state index contributed by atoms with van der Waals surface area (Å²) in [6, 6.07) is 13.8. The van der Waals surface area contributed by atoms with Gasteiger partial charge in [0.05, 0.1) is 34.3 Å². The van der Waals surface area contributed by atoms with E-state index < -0.39 is 30.5 Å².